The Kier molecular flexibility index (Phi) is 62.0. The number of carbonyl (C=O) groups is 1. The molecule has 2 fully saturated rings. The normalized spacial score (nSPS) is 22.4. The molecule has 95 heavy (non-hydrogen) atoms. The van der Waals surface area contributed by atoms with Gasteiger partial charge in [0.05, 0.1) is 32.0 Å². The fourth-order valence-electron chi connectivity index (χ4n) is 13.9. The second kappa shape index (κ2) is 65.8. The van der Waals surface area contributed by atoms with E-state index in [1.165, 1.54) is 327 Å². The average molecular weight is 1350 g/mol. The zero-order chi connectivity index (χ0) is 68.7. The maximum Gasteiger partial charge on any atom is 0.220 e. The molecule has 14 nitrogen and oxygen atoms in total. The lowest BCUT2D eigenvalue weighted by Gasteiger charge is -2.46. The topological polar surface area (TPSA) is 228 Å². The number of hydrogen-bond acceptors (Lipinski definition) is 13. The van der Waals surface area contributed by atoms with Gasteiger partial charge in [-0.05, 0) is 44.9 Å². The molecule has 2 saturated heterocycles. The molecule has 562 valence electrons. The van der Waals surface area contributed by atoms with E-state index in [1.54, 1.807) is 6.08 Å². The summed E-state index contributed by atoms with van der Waals surface area (Å²) in [6, 6.07) is -0.913. The SMILES string of the molecule is CCCCCCCCCC/C=C\CCCCCCCCCCCCCCCCCCCCCCCCCCCC(=O)NC(COC1OC(CO)C(OC2OC(CO)C(O)C(O)C2O)C(O)C1O)C(O)/C=C/CCCCCCCCCCCCCCCCCCCCCCCC. The highest BCUT2D eigenvalue weighted by atomic mass is 16.7. The van der Waals surface area contributed by atoms with E-state index < -0.39 is 86.8 Å². The van der Waals surface area contributed by atoms with Gasteiger partial charge in [0.25, 0.3) is 0 Å². The molecule has 2 heterocycles. The Bertz CT molecular complexity index is 1690. The molecule has 0 aromatic heterocycles. The zero-order valence-corrected chi connectivity index (χ0v) is 61.7. The van der Waals surface area contributed by atoms with Crippen LogP contribution in [0.5, 0.6) is 0 Å². The fourth-order valence-corrected chi connectivity index (χ4v) is 13.9. The van der Waals surface area contributed by atoms with Crippen molar-refractivity contribution in [3.05, 3.63) is 24.3 Å². The average Bonchev–Trinajstić information content (AvgIpc) is 0.927. The number of unbranched alkanes of at least 4 members (excludes halogenated alkanes) is 55. The van der Waals surface area contributed by atoms with Gasteiger partial charge in [-0.2, -0.15) is 0 Å². The van der Waals surface area contributed by atoms with Crippen molar-refractivity contribution < 1.29 is 64.6 Å². The summed E-state index contributed by atoms with van der Waals surface area (Å²) in [5.74, 6) is -0.230. The molecule has 0 aromatic carbocycles. The molecule has 14 heteroatoms. The predicted octanol–water partition coefficient (Wildman–Crippen LogP) is 18.6. The van der Waals surface area contributed by atoms with E-state index >= 15 is 0 Å². The molecule has 0 aromatic rings. The fraction of sp³-hybridized carbons (Fsp3) is 0.938. The first-order valence-corrected chi connectivity index (χ1v) is 41.1. The standard InChI is InChI=1S/C81H155NO13/c1-3-5-7-9-11-13-15-17-19-21-23-25-27-29-30-31-32-33-34-35-36-37-38-39-40-41-43-45-47-49-51-53-55-57-59-61-63-65-73(86)82-69(68-92-80-78(91)76(89)79(72(67-84)94-80)95-81-77(90)75(88)74(87)71(66-83)93-81)70(85)64-62-60-58-56-54-52-50-48-46-44-42-28-26-24-22-20-18-16-14-12-10-8-6-4-2/h21,23,62,64,69-72,74-81,83-85,87-91H,3-20,22,24-61,63,65-68H2,1-2H3,(H,82,86)/b23-21-,64-62+. The highest BCUT2D eigenvalue weighted by molar-refractivity contribution is 5.76. The number of carbonyl (C=O) groups excluding carboxylic acids is 1. The summed E-state index contributed by atoms with van der Waals surface area (Å²) in [5, 5.41) is 87.7. The van der Waals surface area contributed by atoms with E-state index in [0.717, 1.165) is 38.5 Å². The molecule has 0 aliphatic carbocycles. The lowest BCUT2D eigenvalue weighted by molar-refractivity contribution is -0.359. The molecule has 12 atom stereocenters. The van der Waals surface area contributed by atoms with Crippen LogP contribution in [0.25, 0.3) is 0 Å². The molecule has 0 radical (unpaired) electrons. The number of hydrogen-bond donors (Lipinski definition) is 9. The Morgan fingerprint density at radius 2 is 0.663 bits per heavy atom. The smallest absolute Gasteiger partial charge is 0.220 e. The molecule has 9 N–H and O–H groups in total. The largest absolute Gasteiger partial charge is 0.394 e. The molecule has 12 unspecified atom stereocenters. The lowest BCUT2D eigenvalue weighted by Crippen LogP contribution is -2.65. The van der Waals surface area contributed by atoms with Crippen LogP contribution < -0.4 is 5.32 Å². The predicted molar refractivity (Wildman–Crippen MR) is 392 cm³/mol. The van der Waals surface area contributed by atoms with Crippen LogP contribution in [0.15, 0.2) is 24.3 Å². The molecular weight excluding hydrogens is 1190 g/mol. The van der Waals surface area contributed by atoms with E-state index in [0.29, 0.717) is 6.42 Å². The van der Waals surface area contributed by atoms with Crippen LogP contribution in [-0.2, 0) is 23.7 Å². The first-order valence-electron chi connectivity index (χ1n) is 41.1. The third-order valence-corrected chi connectivity index (χ3v) is 20.4. The van der Waals surface area contributed by atoms with E-state index in [9.17, 15) is 45.6 Å². The Morgan fingerprint density at radius 3 is 1.00 bits per heavy atom. The van der Waals surface area contributed by atoms with Gasteiger partial charge < -0.3 is 65.1 Å². The van der Waals surface area contributed by atoms with Crippen molar-refractivity contribution in [3.63, 3.8) is 0 Å². The van der Waals surface area contributed by atoms with Gasteiger partial charge >= 0.3 is 0 Å². The number of aliphatic hydroxyl groups is 8. The highest BCUT2D eigenvalue weighted by Crippen LogP contribution is 2.30. The van der Waals surface area contributed by atoms with Gasteiger partial charge in [-0.1, -0.05) is 366 Å². The van der Waals surface area contributed by atoms with Crippen molar-refractivity contribution >= 4 is 5.91 Å². The number of allylic oxidation sites excluding steroid dienone is 3. The molecule has 0 spiro atoms. The van der Waals surface area contributed by atoms with Crippen molar-refractivity contribution in [1.29, 1.82) is 0 Å². The zero-order valence-electron chi connectivity index (χ0n) is 61.7. The minimum atomic E-state index is -1.79. The minimum absolute atomic E-state index is 0.230. The maximum atomic E-state index is 13.4. The van der Waals surface area contributed by atoms with Crippen LogP contribution in [0.2, 0.25) is 0 Å². The second-order valence-electron chi connectivity index (χ2n) is 29.3. The van der Waals surface area contributed by atoms with E-state index in [-0.39, 0.29) is 18.9 Å². The summed E-state index contributed by atoms with van der Waals surface area (Å²) in [6.45, 7) is 2.87. The van der Waals surface area contributed by atoms with Gasteiger partial charge in [0.15, 0.2) is 12.6 Å². The number of rotatable bonds is 70. The summed E-state index contributed by atoms with van der Waals surface area (Å²) >= 11 is 0. The van der Waals surface area contributed by atoms with Crippen LogP contribution >= 0.6 is 0 Å². The van der Waals surface area contributed by atoms with Crippen molar-refractivity contribution in [3.8, 4) is 0 Å². The van der Waals surface area contributed by atoms with Crippen LogP contribution in [0.4, 0.5) is 0 Å². The molecule has 1 amide bonds. The van der Waals surface area contributed by atoms with Gasteiger partial charge in [0.1, 0.15) is 48.8 Å². The van der Waals surface area contributed by atoms with Gasteiger partial charge in [0.2, 0.25) is 5.91 Å². The van der Waals surface area contributed by atoms with E-state index in [4.69, 9.17) is 18.9 Å². The third kappa shape index (κ3) is 48.9. The molecule has 2 aliphatic rings. The molecular formula is C81H155NO13. The molecule has 2 aliphatic heterocycles. The quantitative estimate of drug-likeness (QED) is 0.0204. The van der Waals surface area contributed by atoms with Crippen molar-refractivity contribution in [2.45, 2.75) is 466 Å². The molecule has 0 saturated carbocycles. The second-order valence-corrected chi connectivity index (χ2v) is 29.3. The summed E-state index contributed by atoms with van der Waals surface area (Å²) in [7, 11) is 0. The Labute approximate surface area is 583 Å². The van der Waals surface area contributed by atoms with Crippen molar-refractivity contribution in [2.75, 3.05) is 19.8 Å². The van der Waals surface area contributed by atoms with Crippen LogP contribution in [0.3, 0.4) is 0 Å². The maximum absolute atomic E-state index is 13.4. The summed E-state index contributed by atoms with van der Waals surface area (Å²) < 4.78 is 22.9. The number of aliphatic hydroxyl groups excluding tert-OH is 8. The van der Waals surface area contributed by atoms with E-state index in [1.807, 2.05) is 6.08 Å². The number of amides is 1. The monoisotopic (exact) mass is 1350 g/mol. The van der Waals surface area contributed by atoms with Gasteiger partial charge in [-0.3, -0.25) is 4.79 Å². The van der Waals surface area contributed by atoms with E-state index in [2.05, 4.69) is 31.3 Å². The Hall–Kier alpha value is -1.53. The minimum Gasteiger partial charge on any atom is -0.394 e. The first-order chi connectivity index (χ1) is 46.6. The number of ether oxygens (including phenoxy) is 4. The summed E-state index contributed by atoms with van der Waals surface area (Å²) in [4.78, 5) is 13.4. The summed E-state index contributed by atoms with van der Waals surface area (Å²) in [5.41, 5.74) is 0. The molecule has 2 rings (SSSR count). The van der Waals surface area contributed by atoms with Crippen LogP contribution in [0, 0.1) is 0 Å². The Morgan fingerprint density at radius 1 is 0.368 bits per heavy atom. The van der Waals surface area contributed by atoms with Gasteiger partial charge in [0, 0.05) is 6.42 Å². The molecule has 0 bridgehead atoms. The highest BCUT2D eigenvalue weighted by Gasteiger charge is 2.51. The third-order valence-electron chi connectivity index (χ3n) is 20.4. The Balaban J connectivity index is 1.58. The van der Waals surface area contributed by atoms with Gasteiger partial charge in [-0.25, -0.2) is 0 Å². The van der Waals surface area contributed by atoms with Gasteiger partial charge in [-0.15, -0.1) is 0 Å². The van der Waals surface area contributed by atoms with Crippen LogP contribution in [-0.4, -0.2) is 140 Å². The summed E-state index contributed by atoms with van der Waals surface area (Å²) in [6.07, 6.45) is 68.4. The first kappa shape index (κ1) is 89.6. The lowest BCUT2D eigenvalue weighted by atomic mass is 9.97. The van der Waals surface area contributed by atoms with Crippen molar-refractivity contribution in [2.24, 2.45) is 0 Å². The van der Waals surface area contributed by atoms with Crippen LogP contribution in [0.1, 0.15) is 393 Å². The van der Waals surface area contributed by atoms with Crippen molar-refractivity contribution in [1.82, 2.24) is 5.32 Å². The number of nitrogens with one attached hydrogen (secondary N) is 1.